The Morgan fingerprint density at radius 1 is 1.13 bits per heavy atom. The van der Waals surface area contributed by atoms with Crippen molar-refractivity contribution in [3.63, 3.8) is 0 Å². The molecule has 118 valence electrons. The Labute approximate surface area is 138 Å². The van der Waals surface area contributed by atoms with Crippen LogP contribution in [0.1, 0.15) is 19.4 Å². The van der Waals surface area contributed by atoms with Gasteiger partial charge in [-0.15, -0.1) is 11.8 Å². The summed E-state index contributed by atoms with van der Waals surface area (Å²) in [6, 6.07) is 14.6. The van der Waals surface area contributed by atoms with E-state index in [0.29, 0.717) is 5.82 Å². The molecule has 0 aliphatic rings. The Hall–Kier alpha value is -2.27. The van der Waals surface area contributed by atoms with E-state index in [0.717, 1.165) is 23.3 Å². The fourth-order valence-corrected chi connectivity index (χ4v) is 3.37. The smallest absolute Gasteiger partial charge is 0.321 e. The molecule has 0 fully saturated rings. The largest absolute Gasteiger partial charge is 0.460 e. The summed E-state index contributed by atoms with van der Waals surface area (Å²) in [5.74, 6) is 0.864. The lowest BCUT2D eigenvalue weighted by atomic mass is 10.0. The predicted molar refractivity (Wildman–Crippen MR) is 93.8 cm³/mol. The van der Waals surface area contributed by atoms with Gasteiger partial charge in [0.1, 0.15) is 0 Å². The Kier molecular flexibility index (Phi) is 4.67. The highest BCUT2D eigenvalue weighted by Gasteiger charge is 2.09. The molecule has 0 saturated heterocycles. The third kappa shape index (κ3) is 3.40. The van der Waals surface area contributed by atoms with Gasteiger partial charge in [0.15, 0.2) is 5.82 Å². The molecule has 1 N–H and O–H groups in total. The lowest BCUT2D eigenvalue weighted by Gasteiger charge is -2.11. The van der Waals surface area contributed by atoms with Gasteiger partial charge < -0.3 is 4.52 Å². The summed E-state index contributed by atoms with van der Waals surface area (Å²) in [6.07, 6.45) is 1.03. The Balaban J connectivity index is 2.06. The summed E-state index contributed by atoms with van der Waals surface area (Å²) in [4.78, 5) is 16.2. The van der Waals surface area contributed by atoms with Gasteiger partial charge in [-0.2, -0.15) is 10.1 Å². The molecule has 23 heavy (non-hydrogen) atoms. The van der Waals surface area contributed by atoms with Crippen LogP contribution in [0.25, 0.3) is 22.5 Å². The van der Waals surface area contributed by atoms with Gasteiger partial charge in [0, 0.05) is 10.5 Å². The van der Waals surface area contributed by atoms with Crippen molar-refractivity contribution in [3.8, 4) is 22.5 Å². The first-order valence-electron chi connectivity index (χ1n) is 7.63. The summed E-state index contributed by atoms with van der Waals surface area (Å²) in [5.41, 5.74) is 4.47. The predicted octanol–water partition coefficient (Wildman–Crippen LogP) is 4.37. The Morgan fingerprint density at radius 2 is 1.96 bits per heavy atom. The van der Waals surface area contributed by atoms with Crippen LogP contribution in [-0.2, 0) is 6.42 Å². The number of H-pyrrole nitrogens is 1. The molecule has 3 aromatic rings. The molecule has 1 heterocycles. The molecule has 0 amide bonds. The van der Waals surface area contributed by atoms with E-state index >= 15 is 0 Å². The van der Waals surface area contributed by atoms with Gasteiger partial charge in [0.05, 0.1) is 0 Å². The van der Waals surface area contributed by atoms with Gasteiger partial charge in [0.25, 0.3) is 0 Å². The molecule has 4 nitrogen and oxygen atoms in total. The molecule has 0 aliphatic carbocycles. The highest BCUT2D eigenvalue weighted by molar-refractivity contribution is 7.99. The Morgan fingerprint density at radius 3 is 2.65 bits per heavy atom. The van der Waals surface area contributed by atoms with E-state index in [-0.39, 0.29) is 0 Å². The van der Waals surface area contributed by atoms with Gasteiger partial charge in [-0.25, -0.2) is 4.79 Å². The third-order valence-electron chi connectivity index (χ3n) is 3.64. The van der Waals surface area contributed by atoms with E-state index < -0.39 is 5.76 Å². The molecule has 0 saturated carbocycles. The number of nitrogens with zero attached hydrogens (tertiary/aromatic N) is 1. The van der Waals surface area contributed by atoms with Crippen molar-refractivity contribution in [1.82, 2.24) is 10.1 Å². The average Bonchev–Trinajstić information content (AvgIpc) is 3.02. The van der Waals surface area contributed by atoms with Crippen molar-refractivity contribution in [2.24, 2.45) is 0 Å². The lowest BCUT2D eigenvalue weighted by Crippen LogP contribution is -1.95. The average molecular weight is 326 g/mol. The van der Waals surface area contributed by atoms with Gasteiger partial charge >= 0.3 is 5.76 Å². The van der Waals surface area contributed by atoms with Crippen LogP contribution in [0.3, 0.4) is 0 Å². The molecule has 0 bridgehead atoms. The molecular weight excluding hydrogens is 308 g/mol. The number of thioether (sulfide) groups is 1. The zero-order chi connectivity index (χ0) is 16.2. The van der Waals surface area contributed by atoms with E-state index in [4.69, 9.17) is 0 Å². The van der Waals surface area contributed by atoms with Crippen molar-refractivity contribution in [2.75, 3.05) is 5.75 Å². The van der Waals surface area contributed by atoms with E-state index in [9.17, 15) is 4.79 Å². The molecule has 0 unspecified atom stereocenters. The van der Waals surface area contributed by atoms with Crippen molar-refractivity contribution in [3.05, 3.63) is 58.6 Å². The molecule has 1 aromatic heterocycles. The van der Waals surface area contributed by atoms with Crippen LogP contribution in [0.4, 0.5) is 0 Å². The van der Waals surface area contributed by atoms with Crippen LogP contribution in [0.5, 0.6) is 0 Å². The van der Waals surface area contributed by atoms with Crippen LogP contribution >= 0.6 is 11.8 Å². The second-order valence-corrected chi connectivity index (χ2v) is 6.43. The molecule has 0 aliphatic heterocycles. The van der Waals surface area contributed by atoms with E-state index in [1.54, 1.807) is 0 Å². The molecule has 0 atom stereocenters. The maximum atomic E-state index is 11.1. The molecule has 5 heteroatoms. The molecule has 2 aromatic carbocycles. The van der Waals surface area contributed by atoms with Gasteiger partial charge in [0.2, 0.25) is 0 Å². The summed E-state index contributed by atoms with van der Waals surface area (Å²) < 4.78 is 4.66. The van der Waals surface area contributed by atoms with Crippen molar-refractivity contribution in [1.29, 1.82) is 0 Å². The quantitative estimate of drug-likeness (QED) is 0.707. The molecule has 0 radical (unpaired) electrons. The van der Waals surface area contributed by atoms with Gasteiger partial charge in [-0.1, -0.05) is 44.2 Å². The molecule has 0 spiro atoms. The van der Waals surface area contributed by atoms with Gasteiger partial charge in [-0.3, -0.25) is 0 Å². The number of hydrogen-bond donors (Lipinski definition) is 1. The number of hydrogen-bond acceptors (Lipinski definition) is 4. The third-order valence-corrected chi connectivity index (χ3v) is 4.58. The minimum absolute atomic E-state index is 0.451. The monoisotopic (exact) mass is 326 g/mol. The van der Waals surface area contributed by atoms with Crippen LogP contribution in [0.15, 0.2) is 56.7 Å². The van der Waals surface area contributed by atoms with E-state index in [1.807, 2.05) is 30.0 Å². The summed E-state index contributed by atoms with van der Waals surface area (Å²) >= 11 is 1.84. The fraction of sp³-hybridized carbons (Fsp3) is 0.222. The van der Waals surface area contributed by atoms with Gasteiger partial charge in [-0.05, 0) is 41.0 Å². The second-order valence-electron chi connectivity index (χ2n) is 5.13. The highest BCUT2D eigenvalue weighted by Crippen LogP contribution is 2.34. The summed E-state index contributed by atoms with van der Waals surface area (Å²) in [7, 11) is 0. The van der Waals surface area contributed by atoms with Crippen LogP contribution in [0.2, 0.25) is 0 Å². The van der Waals surface area contributed by atoms with Crippen LogP contribution in [0, 0.1) is 0 Å². The zero-order valence-corrected chi connectivity index (χ0v) is 13.9. The fourth-order valence-electron chi connectivity index (χ4n) is 2.49. The van der Waals surface area contributed by atoms with Crippen molar-refractivity contribution < 1.29 is 4.52 Å². The number of aromatic amines is 1. The first kappa shape index (κ1) is 15.6. The minimum Gasteiger partial charge on any atom is -0.321 e. The lowest BCUT2D eigenvalue weighted by molar-refractivity contribution is 0.388. The zero-order valence-electron chi connectivity index (χ0n) is 13.1. The first-order chi connectivity index (χ1) is 11.2. The topological polar surface area (TPSA) is 58.9 Å². The first-order valence-corrected chi connectivity index (χ1v) is 8.62. The van der Waals surface area contributed by atoms with E-state index in [1.165, 1.54) is 16.0 Å². The maximum Gasteiger partial charge on any atom is 0.460 e. The second kappa shape index (κ2) is 6.87. The minimum atomic E-state index is -0.611. The van der Waals surface area contributed by atoms with Crippen molar-refractivity contribution in [2.45, 2.75) is 25.2 Å². The number of rotatable bonds is 5. The number of nitrogens with one attached hydrogen (secondary N) is 1. The number of benzene rings is 2. The summed E-state index contributed by atoms with van der Waals surface area (Å²) in [5, 5.41) is 2.55. The SMILES string of the molecule is CCSc1cc(CC)ccc1-c1cccc(-c2nc(=O)o[nH]2)c1. The molecule has 3 rings (SSSR count). The number of aryl methyl sites for hydroxylation is 1. The van der Waals surface area contributed by atoms with E-state index in [2.05, 4.69) is 52.8 Å². The number of aromatic nitrogens is 2. The van der Waals surface area contributed by atoms with Crippen LogP contribution < -0.4 is 5.76 Å². The standard InChI is InChI=1S/C18H18N2O2S/c1-3-12-8-9-15(16(10-12)23-4-2)13-6-5-7-14(11-13)17-19-18(21)22-20-17/h5-11H,3-4H2,1-2H3,(H,19,20,21). The maximum absolute atomic E-state index is 11.1. The normalized spacial score (nSPS) is 10.9. The van der Waals surface area contributed by atoms with Crippen molar-refractivity contribution >= 4 is 11.8 Å². The molecular formula is C18H18N2O2S. The Bertz CT molecular complexity index is 867. The van der Waals surface area contributed by atoms with Crippen LogP contribution in [-0.4, -0.2) is 15.9 Å². The summed E-state index contributed by atoms with van der Waals surface area (Å²) in [6.45, 7) is 4.32. The highest BCUT2D eigenvalue weighted by atomic mass is 32.2.